The summed E-state index contributed by atoms with van der Waals surface area (Å²) in [5.41, 5.74) is 3.65. The van der Waals surface area contributed by atoms with Crippen molar-refractivity contribution < 1.29 is 24.2 Å². The third-order valence-corrected chi connectivity index (χ3v) is 8.42. The van der Waals surface area contributed by atoms with Crippen LogP contribution in [-0.4, -0.2) is 95.3 Å². The van der Waals surface area contributed by atoms with Gasteiger partial charge >= 0.3 is 6.03 Å². The lowest BCUT2D eigenvalue weighted by Gasteiger charge is -2.46. The van der Waals surface area contributed by atoms with Gasteiger partial charge in [0, 0.05) is 39.2 Å². The number of rotatable bonds is 7. The van der Waals surface area contributed by atoms with Crippen LogP contribution in [0.25, 0.3) is 0 Å². The predicted octanol–water partition coefficient (Wildman–Crippen LogP) is 2.40. The number of ether oxygens (including phenoxy) is 1. The summed E-state index contributed by atoms with van der Waals surface area (Å²) in [7, 11) is 3.66. The lowest BCUT2D eigenvalue weighted by molar-refractivity contribution is -0.157. The maximum atomic E-state index is 14.1. The van der Waals surface area contributed by atoms with Crippen molar-refractivity contribution in [2.45, 2.75) is 31.7 Å². The highest BCUT2D eigenvalue weighted by Gasteiger charge is 2.51. The number of phenolic OH excluding ortho intramolecular Hbond substituents is 1. The molecular weight excluding hydrogens is 548 g/mol. The van der Waals surface area contributed by atoms with Crippen molar-refractivity contribution in [2.75, 3.05) is 45.2 Å². The fraction of sp³-hybridized carbons (Fsp3) is 0.344. The number of fused-ring (bicyclic) bond motifs is 2. The van der Waals surface area contributed by atoms with E-state index in [9.17, 15) is 19.5 Å². The van der Waals surface area contributed by atoms with Gasteiger partial charge in [0.1, 0.15) is 30.3 Å². The first-order chi connectivity index (χ1) is 20.8. The van der Waals surface area contributed by atoms with Crippen LogP contribution >= 0.6 is 0 Å². The Bertz CT molecular complexity index is 1500. The average molecular weight is 585 g/mol. The molecule has 2 saturated heterocycles. The summed E-state index contributed by atoms with van der Waals surface area (Å²) < 4.78 is 6.05. The molecule has 11 nitrogen and oxygen atoms in total. The second-order valence-electron chi connectivity index (χ2n) is 11.2. The molecule has 11 heteroatoms. The van der Waals surface area contributed by atoms with Gasteiger partial charge < -0.3 is 29.9 Å². The van der Waals surface area contributed by atoms with E-state index in [1.54, 1.807) is 46.1 Å². The van der Waals surface area contributed by atoms with Gasteiger partial charge in [-0.25, -0.2) is 4.79 Å². The second-order valence-corrected chi connectivity index (χ2v) is 11.2. The van der Waals surface area contributed by atoms with Gasteiger partial charge in [-0.1, -0.05) is 54.6 Å². The Morgan fingerprint density at radius 2 is 1.79 bits per heavy atom. The van der Waals surface area contributed by atoms with Crippen LogP contribution in [0.3, 0.4) is 0 Å². The first-order valence-electron chi connectivity index (χ1n) is 14.5. The van der Waals surface area contributed by atoms with Gasteiger partial charge in [0.25, 0.3) is 0 Å². The number of carbonyl (C=O) groups is 3. The summed E-state index contributed by atoms with van der Waals surface area (Å²) in [6, 6.07) is 21.1. The Kier molecular flexibility index (Phi) is 7.81. The number of hydrazine groups is 1. The smallest absolute Gasteiger partial charge is 0.332 e. The van der Waals surface area contributed by atoms with Crippen LogP contribution in [0.1, 0.15) is 16.7 Å². The van der Waals surface area contributed by atoms with Crippen molar-refractivity contribution in [3.05, 3.63) is 89.5 Å². The zero-order valence-electron chi connectivity index (χ0n) is 24.3. The number of aromatic hydroxyl groups is 1. The molecule has 3 aliphatic rings. The maximum absolute atomic E-state index is 14.1. The monoisotopic (exact) mass is 584 g/mol. The molecule has 224 valence electrons. The van der Waals surface area contributed by atoms with Crippen LogP contribution in [0.15, 0.2) is 72.8 Å². The van der Waals surface area contributed by atoms with Crippen molar-refractivity contribution in [3.63, 3.8) is 0 Å². The van der Waals surface area contributed by atoms with Gasteiger partial charge in [0.2, 0.25) is 11.8 Å². The minimum atomic E-state index is -0.773. The fourth-order valence-corrected chi connectivity index (χ4v) is 6.08. The maximum Gasteiger partial charge on any atom is 0.332 e. The standard InChI is InChI=1S/C32H36N6O5/c1-34-15-16-43-30-24(9-6-10-26(30)34)19-36-20-28-37(35(2)32(42)33-18-23-7-4-3-5-8-23)21-29(40)38(28)27(31(36)41)17-22-11-13-25(39)14-12-22/h3-14,27-28,39H,15-21H2,1-2H3,(H,33,42)/t27-,28+/m0/s1. The van der Waals surface area contributed by atoms with Crippen LogP contribution in [-0.2, 0) is 29.1 Å². The second kappa shape index (κ2) is 11.8. The first-order valence-corrected chi connectivity index (χ1v) is 14.5. The Balaban J connectivity index is 1.28. The van der Waals surface area contributed by atoms with E-state index >= 15 is 0 Å². The Labute approximate surface area is 250 Å². The zero-order chi connectivity index (χ0) is 30.1. The van der Waals surface area contributed by atoms with Gasteiger partial charge in [0.05, 0.1) is 25.3 Å². The van der Waals surface area contributed by atoms with Gasteiger partial charge in [-0.3, -0.25) is 14.6 Å². The summed E-state index contributed by atoms with van der Waals surface area (Å²) in [6.45, 7) is 2.19. The topological polar surface area (TPSA) is 109 Å². The molecule has 0 unspecified atom stereocenters. The molecule has 0 bridgehead atoms. The molecule has 0 saturated carbocycles. The third-order valence-electron chi connectivity index (χ3n) is 8.42. The van der Waals surface area contributed by atoms with E-state index in [1.807, 2.05) is 55.6 Å². The number of urea groups is 1. The highest BCUT2D eigenvalue weighted by Crippen LogP contribution is 2.36. The van der Waals surface area contributed by atoms with Gasteiger partial charge in [-0.2, -0.15) is 5.01 Å². The lowest BCUT2D eigenvalue weighted by atomic mass is 9.99. The number of benzene rings is 3. The van der Waals surface area contributed by atoms with Crippen LogP contribution in [0.2, 0.25) is 0 Å². The van der Waals surface area contributed by atoms with E-state index in [4.69, 9.17) is 4.74 Å². The molecule has 3 aromatic carbocycles. The molecule has 0 aromatic heterocycles. The SMILES string of the molecule is CN1CCOc2c(CN3C[C@H]4N(C(=O)CN4N(C)C(=O)NCc4ccccc4)[C@@H](Cc4ccc(O)cc4)C3=O)cccc21. The molecule has 2 N–H and O–H groups in total. The van der Waals surface area contributed by atoms with E-state index in [2.05, 4.69) is 10.2 Å². The van der Waals surface area contributed by atoms with Gasteiger partial charge in [-0.05, 0) is 29.3 Å². The summed E-state index contributed by atoms with van der Waals surface area (Å²) in [5.74, 6) is 0.506. The Morgan fingerprint density at radius 1 is 1.02 bits per heavy atom. The Morgan fingerprint density at radius 3 is 2.56 bits per heavy atom. The molecule has 6 rings (SSSR count). The van der Waals surface area contributed by atoms with Gasteiger partial charge in [0.15, 0.2) is 0 Å². The first kappa shape index (κ1) is 28.4. The van der Waals surface area contributed by atoms with Crippen molar-refractivity contribution in [3.8, 4) is 11.5 Å². The number of piperazine rings is 1. The summed E-state index contributed by atoms with van der Waals surface area (Å²) in [5, 5.41) is 15.9. The normalized spacial score (nSPS) is 20.0. The predicted molar refractivity (Wildman–Crippen MR) is 160 cm³/mol. The van der Waals surface area contributed by atoms with Crippen molar-refractivity contribution in [1.29, 1.82) is 0 Å². The van der Waals surface area contributed by atoms with Crippen molar-refractivity contribution >= 4 is 23.5 Å². The summed E-state index contributed by atoms with van der Waals surface area (Å²) in [4.78, 5) is 46.4. The van der Waals surface area contributed by atoms with Crippen molar-refractivity contribution in [2.24, 2.45) is 0 Å². The number of para-hydroxylation sites is 1. The largest absolute Gasteiger partial charge is 0.508 e. The molecule has 3 aliphatic heterocycles. The molecule has 3 aromatic rings. The molecular formula is C32H36N6O5. The molecule has 2 atom stereocenters. The van der Waals surface area contributed by atoms with Crippen LogP contribution < -0.4 is 15.0 Å². The summed E-state index contributed by atoms with van der Waals surface area (Å²) >= 11 is 0. The number of anilines is 1. The van der Waals surface area contributed by atoms with Crippen LogP contribution in [0.4, 0.5) is 10.5 Å². The van der Waals surface area contributed by atoms with Crippen LogP contribution in [0.5, 0.6) is 11.5 Å². The number of nitrogens with one attached hydrogen (secondary N) is 1. The molecule has 0 radical (unpaired) electrons. The van der Waals surface area contributed by atoms with E-state index in [0.29, 0.717) is 19.7 Å². The number of hydrogen-bond donors (Lipinski definition) is 2. The van der Waals surface area contributed by atoms with E-state index < -0.39 is 12.2 Å². The third kappa shape index (κ3) is 5.68. The molecule has 3 heterocycles. The van der Waals surface area contributed by atoms with Crippen LogP contribution in [0, 0.1) is 0 Å². The number of hydrogen-bond acceptors (Lipinski definition) is 7. The number of phenols is 1. The molecule has 0 spiro atoms. The number of nitrogens with zero attached hydrogens (tertiary/aromatic N) is 5. The molecule has 2 fully saturated rings. The molecule has 4 amide bonds. The highest BCUT2D eigenvalue weighted by molar-refractivity contribution is 5.92. The quantitative estimate of drug-likeness (QED) is 0.439. The minimum Gasteiger partial charge on any atom is -0.508 e. The van der Waals surface area contributed by atoms with E-state index in [0.717, 1.165) is 34.7 Å². The number of amides is 4. The van der Waals surface area contributed by atoms with Crippen molar-refractivity contribution in [1.82, 2.24) is 25.1 Å². The molecule has 43 heavy (non-hydrogen) atoms. The van der Waals surface area contributed by atoms with E-state index in [1.165, 1.54) is 5.01 Å². The van der Waals surface area contributed by atoms with E-state index in [-0.39, 0.29) is 43.1 Å². The highest BCUT2D eigenvalue weighted by atomic mass is 16.5. The minimum absolute atomic E-state index is 0.0260. The fourth-order valence-electron chi connectivity index (χ4n) is 6.08. The lowest BCUT2D eigenvalue weighted by Crippen LogP contribution is -2.65. The average Bonchev–Trinajstić information content (AvgIpc) is 3.35. The van der Waals surface area contributed by atoms with Gasteiger partial charge in [-0.15, -0.1) is 0 Å². The number of likely N-dealkylation sites (N-methyl/N-ethyl adjacent to an activating group) is 1. The summed E-state index contributed by atoms with van der Waals surface area (Å²) in [6.07, 6.45) is -0.259. The number of carbonyl (C=O) groups excluding carboxylic acids is 3. The Hall–Kier alpha value is -4.77. The zero-order valence-corrected chi connectivity index (χ0v) is 24.3. The molecule has 0 aliphatic carbocycles.